The maximum atomic E-state index is 13.9. The van der Waals surface area contributed by atoms with Crippen LogP contribution in [0.4, 0.5) is 8.78 Å². The number of carbonyl (C=O) groups is 3. The van der Waals surface area contributed by atoms with Gasteiger partial charge in [0, 0.05) is 31.6 Å². The first-order chi connectivity index (χ1) is 15.5. The fraction of sp³-hybridized carbons (Fsp3) is 0.348. The SMILES string of the molecule is CC(=O)c1ccc(S(=O)(=O)N(C)CC(=O)N2CCC(C(=O)c3cc(F)ccc3F)CC2)cc1. The summed E-state index contributed by atoms with van der Waals surface area (Å²) < 4.78 is 53.7. The van der Waals surface area contributed by atoms with E-state index in [2.05, 4.69) is 0 Å². The number of likely N-dealkylation sites (tertiary alicyclic amines) is 1. The minimum Gasteiger partial charge on any atom is -0.342 e. The van der Waals surface area contributed by atoms with E-state index in [0.717, 1.165) is 22.5 Å². The van der Waals surface area contributed by atoms with Crippen LogP contribution in [0, 0.1) is 17.6 Å². The van der Waals surface area contributed by atoms with Gasteiger partial charge in [-0.15, -0.1) is 0 Å². The summed E-state index contributed by atoms with van der Waals surface area (Å²) in [7, 11) is -2.65. The van der Waals surface area contributed by atoms with Crippen LogP contribution in [0.1, 0.15) is 40.5 Å². The number of benzene rings is 2. The molecule has 0 radical (unpaired) electrons. The summed E-state index contributed by atoms with van der Waals surface area (Å²) >= 11 is 0. The average Bonchev–Trinajstić information content (AvgIpc) is 2.80. The molecule has 2 aromatic carbocycles. The van der Waals surface area contributed by atoms with Gasteiger partial charge in [0.2, 0.25) is 15.9 Å². The lowest BCUT2D eigenvalue weighted by molar-refractivity contribution is -0.132. The molecule has 0 bridgehead atoms. The minimum absolute atomic E-state index is 0.0378. The zero-order chi connectivity index (χ0) is 24.3. The van der Waals surface area contributed by atoms with Crippen LogP contribution in [-0.4, -0.2) is 61.8 Å². The Morgan fingerprint density at radius 1 is 1.03 bits per heavy atom. The topological polar surface area (TPSA) is 91.8 Å². The van der Waals surface area contributed by atoms with E-state index in [4.69, 9.17) is 0 Å². The number of sulfonamides is 1. The summed E-state index contributed by atoms with van der Waals surface area (Å²) in [5.41, 5.74) is 0.0737. The highest BCUT2D eigenvalue weighted by Gasteiger charge is 2.31. The quantitative estimate of drug-likeness (QED) is 0.571. The van der Waals surface area contributed by atoms with E-state index < -0.39 is 45.8 Å². The molecule has 1 fully saturated rings. The summed E-state index contributed by atoms with van der Waals surface area (Å²) in [6.07, 6.45) is 0.535. The zero-order valence-electron chi connectivity index (χ0n) is 18.3. The van der Waals surface area contributed by atoms with Gasteiger partial charge in [-0.3, -0.25) is 14.4 Å². The van der Waals surface area contributed by atoms with Gasteiger partial charge in [0.25, 0.3) is 0 Å². The Morgan fingerprint density at radius 2 is 1.64 bits per heavy atom. The summed E-state index contributed by atoms with van der Waals surface area (Å²) in [6.45, 7) is 1.38. The number of hydrogen-bond acceptors (Lipinski definition) is 5. The Hall–Kier alpha value is -2.98. The molecular weight excluding hydrogens is 454 g/mol. The summed E-state index contributed by atoms with van der Waals surface area (Å²) in [6, 6.07) is 8.17. The van der Waals surface area contributed by atoms with Crippen LogP contribution >= 0.6 is 0 Å². The third-order valence-electron chi connectivity index (χ3n) is 5.74. The largest absolute Gasteiger partial charge is 0.342 e. The van der Waals surface area contributed by atoms with Crippen molar-refractivity contribution in [2.45, 2.75) is 24.7 Å². The normalized spacial score (nSPS) is 15.0. The van der Waals surface area contributed by atoms with Crippen molar-refractivity contribution in [2.24, 2.45) is 5.92 Å². The summed E-state index contributed by atoms with van der Waals surface area (Å²) in [4.78, 5) is 38.0. The Balaban J connectivity index is 1.59. The van der Waals surface area contributed by atoms with Gasteiger partial charge in [-0.1, -0.05) is 12.1 Å². The third kappa shape index (κ3) is 5.51. The van der Waals surface area contributed by atoms with Crippen LogP contribution in [0.3, 0.4) is 0 Å². The van der Waals surface area contributed by atoms with Crippen molar-refractivity contribution in [1.82, 2.24) is 9.21 Å². The number of hydrogen-bond donors (Lipinski definition) is 0. The van der Waals surface area contributed by atoms with Crippen molar-refractivity contribution in [1.29, 1.82) is 0 Å². The molecule has 0 unspecified atom stereocenters. The fourth-order valence-corrected chi connectivity index (χ4v) is 4.83. The number of ketones is 2. The number of amides is 1. The first-order valence-corrected chi connectivity index (χ1v) is 11.8. The molecule has 1 saturated heterocycles. The number of carbonyl (C=O) groups excluding carboxylic acids is 3. The van der Waals surface area contributed by atoms with Crippen LogP contribution in [0.2, 0.25) is 0 Å². The van der Waals surface area contributed by atoms with Crippen LogP contribution in [-0.2, 0) is 14.8 Å². The van der Waals surface area contributed by atoms with Crippen molar-refractivity contribution in [3.63, 3.8) is 0 Å². The van der Waals surface area contributed by atoms with E-state index in [1.165, 1.54) is 43.1 Å². The molecule has 0 atom stereocenters. The van der Waals surface area contributed by atoms with Crippen molar-refractivity contribution in [2.75, 3.05) is 26.7 Å². The van der Waals surface area contributed by atoms with Crippen LogP contribution in [0.25, 0.3) is 0 Å². The van der Waals surface area contributed by atoms with Gasteiger partial charge in [0.1, 0.15) is 11.6 Å². The molecule has 33 heavy (non-hydrogen) atoms. The molecule has 1 aliphatic rings. The monoisotopic (exact) mass is 478 g/mol. The molecule has 176 valence electrons. The molecule has 7 nitrogen and oxygen atoms in total. The Kier molecular flexibility index (Phi) is 7.38. The Morgan fingerprint density at radius 3 is 2.21 bits per heavy atom. The fourth-order valence-electron chi connectivity index (χ4n) is 3.71. The van der Waals surface area contributed by atoms with Gasteiger partial charge in [-0.2, -0.15) is 4.31 Å². The predicted molar refractivity (Wildman–Crippen MR) is 116 cm³/mol. The van der Waals surface area contributed by atoms with Gasteiger partial charge >= 0.3 is 0 Å². The van der Waals surface area contributed by atoms with Gasteiger partial charge in [0.05, 0.1) is 17.0 Å². The van der Waals surface area contributed by atoms with Crippen molar-refractivity contribution >= 4 is 27.5 Å². The van der Waals surface area contributed by atoms with Crippen LogP contribution in [0.15, 0.2) is 47.4 Å². The lowest BCUT2D eigenvalue weighted by Gasteiger charge is -2.32. The van der Waals surface area contributed by atoms with E-state index in [0.29, 0.717) is 5.56 Å². The van der Waals surface area contributed by atoms with E-state index in [1.54, 1.807) is 0 Å². The molecule has 0 aliphatic carbocycles. The molecule has 0 spiro atoms. The highest BCUT2D eigenvalue weighted by molar-refractivity contribution is 7.89. The second-order valence-electron chi connectivity index (χ2n) is 7.99. The first-order valence-electron chi connectivity index (χ1n) is 10.3. The number of nitrogens with zero attached hydrogens (tertiary/aromatic N) is 2. The number of Topliss-reactive ketones (excluding diaryl/α,β-unsaturated/α-hetero) is 2. The highest BCUT2D eigenvalue weighted by atomic mass is 32.2. The number of halogens is 2. The molecule has 10 heteroatoms. The van der Waals surface area contributed by atoms with Crippen LogP contribution in [0.5, 0.6) is 0 Å². The molecule has 0 N–H and O–H groups in total. The lowest BCUT2D eigenvalue weighted by Crippen LogP contribution is -2.45. The number of piperidine rings is 1. The lowest BCUT2D eigenvalue weighted by atomic mass is 9.88. The molecular formula is C23H24F2N2O5S. The van der Waals surface area contributed by atoms with Crippen molar-refractivity contribution in [3.8, 4) is 0 Å². The Labute approximate surface area is 191 Å². The second-order valence-corrected chi connectivity index (χ2v) is 10.0. The highest BCUT2D eigenvalue weighted by Crippen LogP contribution is 2.24. The standard InChI is InChI=1S/C23H24F2N2O5S/c1-15(28)16-3-6-19(7-4-16)33(31,32)26(2)14-22(29)27-11-9-17(10-12-27)23(30)20-13-18(24)5-8-21(20)25/h3-8,13,17H,9-12,14H2,1-2H3. The van der Waals surface area contributed by atoms with Gasteiger partial charge in [0.15, 0.2) is 11.6 Å². The van der Waals surface area contributed by atoms with Crippen molar-refractivity contribution in [3.05, 3.63) is 65.2 Å². The molecule has 1 aliphatic heterocycles. The smallest absolute Gasteiger partial charge is 0.243 e. The summed E-state index contributed by atoms with van der Waals surface area (Å²) in [5, 5.41) is 0. The predicted octanol–water partition coefficient (Wildman–Crippen LogP) is 2.91. The van der Waals surface area contributed by atoms with Gasteiger partial charge in [-0.05, 0) is 50.1 Å². The van der Waals surface area contributed by atoms with E-state index in [9.17, 15) is 31.6 Å². The van der Waals surface area contributed by atoms with Crippen LogP contribution < -0.4 is 0 Å². The summed E-state index contributed by atoms with van der Waals surface area (Å²) in [5.74, 6) is -3.16. The van der Waals surface area contributed by atoms with E-state index in [1.807, 2.05) is 0 Å². The van der Waals surface area contributed by atoms with E-state index >= 15 is 0 Å². The molecule has 3 rings (SSSR count). The molecule has 0 saturated carbocycles. The first kappa shape index (κ1) is 24.7. The number of likely N-dealkylation sites (N-methyl/N-ethyl adjacent to an activating group) is 1. The molecule has 1 amide bonds. The maximum absolute atomic E-state index is 13.9. The Bertz CT molecular complexity index is 1170. The minimum atomic E-state index is -3.94. The maximum Gasteiger partial charge on any atom is 0.243 e. The average molecular weight is 479 g/mol. The van der Waals surface area contributed by atoms with Gasteiger partial charge in [-0.25, -0.2) is 17.2 Å². The van der Waals surface area contributed by atoms with E-state index in [-0.39, 0.29) is 42.2 Å². The third-order valence-corrected chi connectivity index (χ3v) is 7.56. The number of rotatable bonds is 7. The zero-order valence-corrected chi connectivity index (χ0v) is 19.1. The second kappa shape index (κ2) is 9.88. The van der Waals surface area contributed by atoms with Gasteiger partial charge < -0.3 is 4.90 Å². The van der Waals surface area contributed by atoms with Crippen molar-refractivity contribution < 1.29 is 31.6 Å². The molecule has 1 heterocycles. The molecule has 0 aromatic heterocycles. The molecule has 2 aromatic rings.